The van der Waals surface area contributed by atoms with Gasteiger partial charge in [-0.25, -0.2) is 0 Å². The van der Waals surface area contributed by atoms with E-state index in [9.17, 15) is 0 Å². The van der Waals surface area contributed by atoms with E-state index >= 15 is 0 Å². The van der Waals surface area contributed by atoms with E-state index in [1.54, 1.807) is 0 Å². The second-order valence-electron chi connectivity index (χ2n) is 6.66. The summed E-state index contributed by atoms with van der Waals surface area (Å²) in [6, 6.07) is 4.45. The summed E-state index contributed by atoms with van der Waals surface area (Å²) in [5, 5.41) is 4.32. The van der Waals surface area contributed by atoms with Crippen molar-refractivity contribution in [2.75, 3.05) is 18.5 Å². The van der Waals surface area contributed by atoms with Gasteiger partial charge in [-0.3, -0.25) is 0 Å². The van der Waals surface area contributed by atoms with E-state index in [1.807, 2.05) is 0 Å². The minimum Gasteiger partial charge on any atom is -0.369 e. The van der Waals surface area contributed by atoms with E-state index in [-0.39, 0.29) is 5.54 Å². The maximum Gasteiger partial charge on any atom is 0.0471 e. The van der Waals surface area contributed by atoms with Gasteiger partial charge in [0.05, 0.1) is 0 Å². The lowest BCUT2D eigenvalue weighted by Gasteiger charge is -2.45. The fraction of sp³-hybridized carbons (Fsp3) is 0.647. The molecule has 20 heavy (non-hydrogen) atoms. The zero-order chi connectivity index (χ0) is 14.9. The third kappa shape index (κ3) is 2.96. The Balaban J connectivity index is 2.33. The molecular formula is C17H27ClN2. The average Bonchev–Trinajstić information content (AvgIpc) is 2.37. The van der Waals surface area contributed by atoms with Gasteiger partial charge in [0.25, 0.3) is 0 Å². The molecule has 0 bridgehead atoms. The number of rotatable bonds is 4. The van der Waals surface area contributed by atoms with Crippen LogP contribution in [0, 0.1) is 0 Å². The molecular weight excluding hydrogens is 268 g/mol. The molecule has 0 unspecified atom stereocenters. The van der Waals surface area contributed by atoms with Crippen molar-refractivity contribution in [1.29, 1.82) is 0 Å². The topological polar surface area (TPSA) is 15.3 Å². The van der Waals surface area contributed by atoms with Crippen molar-refractivity contribution in [2.24, 2.45) is 0 Å². The summed E-state index contributed by atoms with van der Waals surface area (Å²) in [4.78, 5) is 2.37. The molecule has 2 nitrogen and oxygen atoms in total. The Morgan fingerprint density at radius 3 is 2.75 bits per heavy atom. The Morgan fingerprint density at radius 2 is 2.10 bits per heavy atom. The summed E-state index contributed by atoms with van der Waals surface area (Å²) in [5.41, 5.74) is 4.14. The minimum atomic E-state index is 0.192. The molecule has 1 aliphatic heterocycles. The maximum absolute atomic E-state index is 6.48. The Labute approximate surface area is 128 Å². The predicted octanol–water partition coefficient (Wildman–Crippen LogP) is 4.56. The number of hydrogen-bond acceptors (Lipinski definition) is 2. The Kier molecular flexibility index (Phi) is 4.66. The number of benzene rings is 1. The lowest BCUT2D eigenvalue weighted by Crippen LogP contribution is -2.45. The predicted molar refractivity (Wildman–Crippen MR) is 89.0 cm³/mol. The molecule has 1 atom stereocenters. The van der Waals surface area contributed by atoms with Crippen LogP contribution in [0.15, 0.2) is 12.1 Å². The summed E-state index contributed by atoms with van der Waals surface area (Å²) >= 11 is 6.48. The SMILES string of the molecule is CCCNCc1cc2c(cc1Cl)N(C)C(C)(C)C[C@@H]2C. The van der Waals surface area contributed by atoms with Crippen molar-refractivity contribution in [3.8, 4) is 0 Å². The fourth-order valence-electron chi connectivity index (χ4n) is 3.17. The van der Waals surface area contributed by atoms with E-state index in [0.29, 0.717) is 5.92 Å². The normalized spacial score (nSPS) is 20.9. The van der Waals surface area contributed by atoms with Crippen LogP contribution in [0.3, 0.4) is 0 Å². The quantitative estimate of drug-likeness (QED) is 0.819. The summed E-state index contributed by atoms with van der Waals surface area (Å²) < 4.78 is 0. The van der Waals surface area contributed by atoms with Gasteiger partial charge in [-0.15, -0.1) is 0 Å². The van der Waals surface area contributed by atoms with Crippen molar-refractivity contribution in [3.05, 3.63) is 28.3 Å². The van der Waals surface area contributed by atoms with Crippen LogP contribution in [0.25, 0.3) is 0 Å². The Morgan fingerprint density at radius 1 is 1.40 bits per heavy atom. The van der Waals surface area contributed by atoms with E-state index in [0.717, 1.165) is 24.5 Å². The number of fused-ring (bicyclic) bond motifs is 1. The number of anilines is 1. The maximum atomic E-state index is 6.48. The zero-order valence-corrected chi connectivity index (χ0v) is 14.1. The standard InChI is InChI=1S/C17H27ClN2/c1-6-7-19-11-13-8-14-12(2)10-17(3,4)20(5)16(14)9-15(13)18/h8-9,12,19H,6-7,10-11H2,1-5H3/t12-/m0/s1. The molecule has 0 saturated carbocycles. The van der Waals surface area contributed by atoms with Crippen LogP contribution in [0.2, 0.25) is 5.02 Å². The Hall–Kier alpha value is -0.730. The van der Waals surface area contributed by atoms with Gasteiger partial charge in [0.1, 0.15) is 0 Å². The highest BCUT2D eigenvalue weighted by Gasteiger charge is 2.34. The van der Waals surface area contributed by atoms with Gasteiger partial charge in [0.15, 0.2) is 0 Å². The largest absolute Gasteiger partial charge is 0.369 e. The van der Waals surface area contributed by atoms with Crippen LogP contribution in [0.4, 0.5) is 5.69 Å². The van der Waals surface area contributed by atoms with Crippen LogP contribution in [-0.2, 0) is 6.54 Å². The van der Waals surface area contributed by atoms with Crippen LogP contribution in [-0.4, -0.2) is 19.1 Å². The molecule has 0 fully saturated rings. The third-order valence-electron chi connectivity index (χ3n) is 4.54. The lowest BCUT2D eigenvalue weighted by atomic mass is 9.80. The first-order chi connectivity index (χ1) is 9.36. The van der Waals surface area contributed by atoms with E-state index < -0.39 is 0 Å². The molecule has 0 aromatic heterocycles. The number of nitrogens with zero attached hydrogens (tertiary/aromatic N) is 1. The molecule has 0 saturated heterocycles. The summed E-state index contributed by atoms with van der Waals surface area (Å²) in [6.45, 7) is 11.0. The molecule has 1 heterocycles. The zero-order valence-electron chi connectivity index (χ0n) is 13.4. The van der Waals surface area contributed by atoms with Crippen LogP contribution in [0.1, 0.15) is 57.6 Å². The molecule has 0 spiro atoms. The fourth-order valence-corrected chi connectivity index (χ4v) is 3.39. The van der Waals surface area contributed by atoms with E-state index in [4.69, 9.17) is 11.6 Å². The number of nitrogens with one attached hydrogen (secondary N) is 1. The molecule has 1 aliphatic rings. The van der Waals surface area contributed by atoms with E-state index in [2.05, 4.69) is 57.1 Å². The highest BCUT2D eigenvalue weighted by atomic mass is 35.5. The average molecular weight is 295 g/mol. The van der Waals surface area contributed by atoms with Crippen LogP contribution in [0.5, 0.6) is 0 Å². The monoisotopic (exact) mass is 294 g/mol. The molecule has 0 radical (unpaired) electrons. The Bertz CT molecular complexity index is 482. The molecule has 1 aromatic rings. The number of hydrogen-bond donors (Lipinski definition) is 1. The molecule has 2 rings (SSSR count). The van der Waals surface area contributed by atoms with Crippen molar-refractivity contribution in [3.63, 3.8) is 0 Å². The van der Waals surface area contributed by atoms with Gasteiger partial charge in [-0.05, 0) is 56.3 Å². The highest BCUT2D eigenvalue weighted by molar-refractivity contribution is 6.31. The first-order valence-electron chi connectivity index (χ1n) is 7.63. The molecule has 112 valence electrons. The van der Waals surface area contributed by atoms with Crippen molar-refractivity contribution in [1.82, 2.24) is 5.32 Å². The summed E-state index contributed by atoms with van der Waals surface area (Å²) in [6.07, 6.45) is 2.33. The minimum absolute atomic E-state index is 0.192. The van der Waals surface area contributed by atoms with Crippen molar-refractivity contribution in [2.45, 2.75) is 58.5 Å². The van der Waals surface area contributed by atoms with Crippen LogP contribution < -0.4 is 10.2 Å². The molecule has 3 heteroatoms. The molecule has 1 aromatic carbocycles. The van der Waals surface area contributed by atoms with Gasteiger partial charge in [-0.1, -0.05) is 31.5 Å². The second kappa shape index (κ2) is 5.95. The van der Waals surface area contributed by atoms with Crippen molar-refractivity contribution >= 4 is 17.3 Å². The molecule has 0 amide bonds. The summed E-state index contributed by atoms with van der Waals surface area (Å²) in [5.74, 6) is 0.582. The van der Waals surface area contributed by atoms with Gasteiger partial charge in [-0.2, -0.15) is 0 Å². The molecule has 1 N–H and O–H groups in total. The van der Waals surface area contributed by atoms with Gasteiger partial charge in [0, 0.05) is 29.8 Å². The number of halogens is 1. The third-order valence-corrected chi connectivity index (χ3v) is 4.90. The highest BCUT2D eigenvalue weighted by Crippen LogP contribution is 2.44. The lowest BCUT2D eigenvalue weighted by molar-refractivity contribution is 0.395. The van der Waals surface area contributed by atoms with Gasteiger partial charge < -0.3 is 10.2 Å². The first-order valence-corrected chi connectivity index (χ1v) is 8.01. The second-order valence-corrected chi connectivity index (χ2v) is 7.06. The first kappa shape index (κ1) is 15.7. The summed E-state index contributed by atoms with van der Waals surface area (Å²) in [7, 11) is 2.18. The van der Waals surface area contributed by atoms with Crippen LogP contribution >= 0.6 is 11.6 Å². The molecule has 0 aliphatic carbocycles. The van der Waals surface area contributed by atoms with Crippen molar-refractivity contribution < 1.29 is 0 Å². The van der Waals surface area contributed by atoms with Gasteiger partial charge in [0.2, 0.25) is 0 Å². The smallest absolute Gasteiger partial charge is 0.0471 e. The van der Waals surface area contributed by atoms with E-state index in [1.165, 1.54) is 23.2 Å². The van der Waals surface area contributed by atoms with Gasteiger partial charge >= 0.3 is 0 Å².